The molecule has 2 N–H and O–H groups in total. The van der Waals surface area contributed by atoms with Crippen LogP contribution in [0.2, 0.25) is 0 Å². The van der Waals surface area contributed by atoms with Crippen LogP contribution in [0, 0.1) is 6.92 Å². The summed E-state index contributed by atoms with van der Waals surface area (Å²) in [6.07, 6.45) is -0.00142. The molecule has 0 spiro atoms. The van der Waals surface area contributed by atoms with Crippen molar-refractivity contribution in [3.05, 3.63) is 60.0 Å². The number of nitrogens with zero attached hydrogens (tertiary/aromatic N) is 3. The first-order valence-electron chi connectivity index (χ1n) is 10.2. The molecule has 2 aromatic carbocycles. The van der Waals surface area contributed by atoms with Gasteiger partial charge in [-0.25, -0.2) is 5.43 Å². The zero-order valence-corrected chi connectivity index (χ0v) is 18.6. The summed E-state index contributed by atoms with van der Waals surface area (Å²) in [5.41, 5.74) is 4.75. The van der Waals surface area contributed by atoms with Gasteiger partial charge in [-0.05, 0) is 38.1 Å². The Morgan fingerprint density at radius 2 is 1.73 bits per heavy atom. The molecular weight excluding hydrogens is 426 g/mol. The minimum Gasteiger partial charge on any atom is -0.497 e. The van der Waals surface area contributed by atoms with Gasteiger partial charge in [0, 0.05) is 11.3 Å². The lowest BCUT2D eigenvalue weighted by Crippen LogP contribution is -2.28. The van der Waals surface area contributed by atoms with E-state index in [1.807, 2.05) is 31.2 Å². The van der Waals surface area contributed by atoms with E-state index >= 15 is 0 Å². The van der Waals surface area contributed by atoms with Crippen molar-refractivity contribution < 1.29 is 23.6 Å². The molecule has 0 radical (unpaired) electrons. The summed E-state index contributed by atoms with van der Waals surface area (Å²) in [6.45, 7) is 3.50. The van der Waals surface area contributed by atoms with Crippen molar-refractivity contribution in [2.75, 3.05) is 13.7 Å². The number of ether oxygens (including phenoxy) is 2. The quantitative estimate of drug-likeness (QED) is 0.358. The number of benzene rings is 2. The number of aromatic nitrogens is 2. The SMILES string of the molecule is COc1ccc(OCC(=O)N/N=C(\C)CC(=O)NCc2nc(-c3ccc(C)cc3)no2)cc1. The maximum absolute atomic E-state index is 12.1. The molecule has 1 aromatic heterocycles. The highest BCUT2D eigenvalue weighted by Gasteiger charge is 2.11. The standard InChI is InChI=1S/C23H25N5O5/c1-15-4-6-17(7-5-15)23-25-22(33-28-23)13-24-20(29)12-16(2)26-27-21(30)14-32-19-10-8-18(31-3)9-11-19/h4-11H,12-14H2,1-3H3,(H,24,29)(H,27,30)/b26-16+. The summed E-state index contributed by atoms with van der Waals surface area (Å²) in [6, 6.07) is 14.6. The van der Waals surface area contributed by atoms with Crippen molar-refractivity contribution in [1.29, 1.82) is 0 Å². The fourth-order valence-corrected chi connectivity index (χ4v) is 2.67. The van der Waals surface area contributed by atoms with Crippen LogP contribution in [0.1, 0.15) is 24.8 Å². The number of hydrogen-bond acceptors (Lipinski definition) is 8. The van der Waals surface area contributed by atoms with E-state index in [1.165, 1.54) is 0 Å². The van der Waals surface area contributed by atoms with Gasteiger partial charge in [0.1, 0.15) is 11.5 Å². The first kappa shape index (κ1) is 23.5. The number of carbonyl (C=O) groups is 2. The Hall–Kier alpha value is -4.21. The summed E-state index contributed by atoms with van der Waals surface area (Å²) >= 11 is 0. The van der Waals surface area contributed by atoms with Crippen molar-refractivity contribution in [2.45, 2.75) is 26.8 Å². The van der Waals surface area contributed by atoms with Gasteiger partial charge in [0.2, 0.25) is 17.6 Å². The van der Waals surface area contributed by atoms with Gasteiger partial charge in [0.15, 0.2) is 6.61 Å². The molecule has 0 atom stereocenters. The van der Waals surface area contributed by atoms with Crippen LogP contribution in [0.4, 0.5) is 0 Å². The molecule has 0 aliphatic carbocycles. The van der Waals surface area contributed by atoms with Crippen molar-refractivity contribution in [1.82, 2.24) is 20.9 Å². The lowest BCUT2D eigenvalue weighted by molar-refractivity contribution is -0.123. The number of carbonyl (C=O) groups excluding carboxylic acids is 2. The van der Waals surface area contributed by atoms with Crippen molar-refractivity contribution in [3.8, 4) is 22.9 Å². The number of hydrazone groups is 1. The molecule has 0 saturated carbocycles. The van der Waals surface area contributed by atoms with E-state index in [2.05, 4.69) is 26.0 Å². The van der Waals surface area contributed by atoms with Crippen LogP contribution in [-0.2, 0) is 16.1 Å². The Morgan fingerprint density at radius 3 is 2.42 bits per heavy atom. The lowest BCUT2D eigenvalue weighted by Gasteiger charge is -2.06. The van der Waals surface area contributed by atoms with E-state index in [0.717, 1.165) is 11.1 Å². The molecule has 10 heteroatoms. The molecular formula is C23H25N5O5. The van der Waals surface area contributed by atoms with Gasteiger partial charge in [0.05, 0.1) is 20.1 Å². The van der Waals surface area contributed by atoms with Gasteiger partial charge in [-0.2, -0.15) is 10.1 Å². The topological polar surface area (TPSA) is 128 Å². The lowest BCUT2D eigenvalue weighted by atomic mass is 10.1. The second-order valence-corrected chi connectivity index (χ2v) is 7.18. The molecule has 0 fully saturated rings. The van der Waals surface area contributed by atoms with Gasteiger partial charge < -0.3 is 19.3 Å². The summed E-state index contributed by atoms with van der Waals surface area (Å²) in [5.74, 6) is 1.22. The minimum atomic E-state index is -0.444. The molecule has 0 unspecified atom stereocenters. The largest absolute Gasteiger partial charge is 0.497 e. The molecule has 1 heterocycles. The molecule has 0 bridgehead atoms. The third-order valence-electron chi connectivity index (χ3n) is 4.43. The van der Waals surface area contributed by atoms with Gasteiger partial charge >= 0.3 is 0 Å². The highest BCUT2D eigenvalue weighted by Crippen LogP contribution is 2.17. The number of nitrogens with one attached hydrogen (secondary N) is 2. The van der Waals surface area contributed by atoms with Gasteiger partial charge in [-0.15, -0.1) is 0 Å². The maximum Gasteiger partial charge on any atom is 0.277 e. The van der Waals surface area contributed by atoms with Crippen molar-refractivity contribution >= 4 is 17.5 Å². The van der Waals surface area contributed by atoms with Crippen LogP contribution in [0.15, 0.2) is 58.2 Å². The zero-order valence-electron chi connectivity index (χ0n) is 18.6. The van der Waals surface area contributed by atoms with Gasteiger partial charge in [-0.3, -0.25) is 9.59 Å². The molecule has 3 aromatic rings. The summed E-state index contributed by atoms with van der Waals surface area (Å²) in [7, 11) is 1.57. The molecule has 3 rings (SSSR count). The summed E-state index contributed by atoms with van der Waals surface area (Å²) in [4.78, 5) is 28.3. The molecule has 0 saturated heterocycles. The van der Waals surface area contributed by atoms with Crippen LogP contribution < -0.4 is 20.2 Å². The van der Waals surface area contributed by atoms with Crippen LogP contribution in [0.5, 0.6) is 11.5 Å². The Bertz CT molecular complexity index is 1110. The van der Waals surface area contributed by atoms with Crippen molar-refractivity contribution in [3.63, 3.8) is 0 Å². The van der Waals surface area contributed by atoms with E-state index < -0.39 is 5.91 Å². The molecule has 33 heavy (non-hydrogen) atoms. The van der Waals surface area contributed by atoms with Crippen LogP contribution in [-0.4, -0.2) is 41.4 Å². The van der Waals surface area contributed by atoms with Crippen LogP contribution >= 0.6 is 0 Å². The monoisotopic (exact) mass is 451 g/mol. The summed E-state index contributed by atoms with van der Waals surface area (Å²) < 4.78 is 15.6. The number of hydrogen-bond donors (Lipinski definition) is 2. The predicted octanol–water partition coefficient (Wildman–Crippen LogP) is 2.63. The Labute approximate surface area is 191 Å². The van der Waals surface area contributed by atoms with Crippen LogP contribution in [0.25, 0.3) is 11.4 Å². The molecule has 10 nitrogen and oxygen atoms in total. The average Bonchev–Trinajstić information content (AvgIpc) is 3.30. The highest BCUT2D eigenvalue weighted by atomic mass is 16.5. The Balaban J connectivity index is 1.38. The Kier molecular flexibility index (Phi) is 8.12. The Morgan fingerprint density at radius 1 is 1.03 bits per heavy atom. The second-order valence-electron chi connectivity index (χ2n) is 7.18. The summed E-state index contributed by atoms with van der Waals surface area (Å²) in [5, 5.41) is 10.5. The van der Waals surface area contributed by atoms with E-state index in [0.29, 0.717) is 23.0 Å². The number of methoxy groups -OCH3 is 1. The van der Waals surface area contributed by atoms with E-state index in [1.54, 1.807) is 38.3 Å². The fourth-order valence-electron chi connectivity index (χ4n) is 2.67. The minimum absolute atomic E-state index is 0.00142. The normalized spacial score (nSPS) is 11.1. The number of rotatable bonds is 10. The molecule has 0 aliphatic rings. The smallest absolute Gasteiger partial charge is 0.277 e. The maximum atomic E-state index is 12.1. The van der Waals surface area contributed by atoms with E-state index in [9.17, 15) is 9.59 Å². The van der Waals surface area contributed by atoms with Gasteiger partial charge in [0.25, 0.3) is 5.91 Å². The predicted molar refractivity (Wildman–Crippen MR) is 121 cm³/mol. The van der Waals surface area contributed by atoms with E-state index in [4.69, 9.17) is 14.0 Å². The number of aryl methyl sites for hydroxylation is 1. The first-order chi connectivity index (χ1) is 15.9. The van der Waals surface area contributed by atoms with E-state index in [-0.39, 0.29) is 31.4 Å². The first-order valence-corrected chi connectivity index (χ1v) is 10.2. The molecule has 2 amide bonds. The third-order valence-corrected chi connectivity index (χ3v) is 4.43. The molecule has 172 valence electrons. The highest BCUT2D eigenvalue weighted by molar-refractivity contribution is 6.00. The number of amides is 2. The van der Waals surface area contributed by atoms with Crippen molar-refractivity contribution in [2.24, 2.45) is 5.10 Å². The fraction of sp³-hybridized carbons (Fsp3) is 0.261. The van der Waals surface area contributed by atoms with Crippen LogP contribution in [0.3, 0.4) is 0 Å². The molecule has 0 aliphatic heterocycles. The van der Waals surface area contributed by atoms with Gasteiger partial charge in [-0.1, -0.05) is 35.0 Å². The average molecular weight is 451 g/mol. The second kappa shape index (κ2) is 11.4. The third kappa shape index (κ3) is 7.46. The zero-order chi connectivity index (χ0) is 23.6.